The second-order valence-electron chi connectivity index (χ2n) is 18.6. The van der Waals surface area contributed by atoms with Crippen molar-refractivity contribution in [2.24, 2.45) is 23.1 Å². The van der Waals surface area contributed by atoms with Gasteiger partial charge in [0.1, 0.15) is 53.8 Å². The van der Waals surface area contributed by atoms with Crippen LogP contribution in [0.2, 0.25) is 5.02 Å². The van der Waals surface area contributed by atoms with E-state index in [2.05, 4.69) is 43.3 Å². The first-order chi connectivity index (χ1) is 37.2. The molecule has 5 rings (SSSR count). The highest BCUT2D eigenvalue weighted by molar-refractivity contribution is 8.76. The maximum absolute atomic E-state index is 14.7. The molecule has 25 heteroatoms. The standard InChI is InChI=1S/C53H64ClN11O11S2/c1-29(66)45-53(76)64-44(51(74)59-39(46(58)69)22-32-9-15-36(67)16-10-32)28-78-77-27-43(63-47(70)38(57)21-31-7-13-35(54)14-8-31)52(75)62-41(24-33-11-17-37(68)18-12-33)49(72)60-40(23-30-5-3-2-4-6-30)48(71)61-42(50(73)65-45)25-34(26-56)19-20-55/h2-18,29,34,38-45,66-68H,19-25,27-28,55,57H2,1H3,(H2,58,69)(H,59,74)(H,60,72)(H,61,71)(H,62,75)(H,63,70)(H,64,76)(H,65,73)/t29-,34?,38+,39-,40-,41+,42+,43-,44+,45+/m1/s1. The number of carbonyl (C=O) groups is 8. The van der Waals surface area contributed by atoms with Crippen LogP contribution in [-0.2, 0) is 64.0 Å². The predicted molar refractivity (Wildman–Crippen MR) is 294 cm³/mol. The molecule has 10 atom stereocenters. The molecule has 0 spiro atoms. The minimum Gasteiger partial charge on any atom is -0.508 e. The summed E-state index contributed by atoms with van der Waals surface area (Å²) in [5, 5.41) is 59.7. The Labute approximate surface area is 463 Å². The highest BCUT2D eigenvalue weighted by Crippen LogP contribution is 2.24. The van der Waals surface area contributed by atoms with Crippen LogP contribution in [-0.4, -0.2) is 135 Å². The van der Waals surface area contributed by atoms with Crippen LogP contribution >= 0.6 is 33.2 Å². The van der Waals surface area contributed by atoms with Crippen LogP contribution < -0.4 is 54.4 Å². The number of aliphatic hydroxyl groups excluding tert-OH is 1. The summed E-state index contributed by atoms with van der Waals surface area (Å²) in [7, 11) is 1.90. The lowest BCUT2D eigenvalue weighted by Gasteiger charge is -2.29. The molecule has 1 saturated heterocycles. The molecular formula is C53H64ClN11O11S2. The summed E-state index contributed by atoms with van der Waals surface area (Å²) >= 11 is 6.07. The number of rotatable bonds is 18. The molecule has 0 aliphatic carbocycles. The monoisotopic (exact) mass is 1130 g/mol. The van der Waals surface area contributed by atoms with Crippen LogP contribution in [0.25, 0.3) is 0 Å². The summed E-state index contributed by atoms with van der Waals surface area (Å²) in [6.07, 6.45) is -2.39. The van der Waals surface area contributed by atoms with Gasteiger partial charge in [-0.15, -0.1) is 0 Å². The van der Waals surface area contributed by atoms with Crippen molar-refractivity contribution in [3.05, 3.63) is 130 Å². The quantitative estimate of drug-likeness (QED) is 0.0578. The van der Waals surface area contributed by atoms with Gasteiger partial charge < -0.3 is 69.7 Å². The average molecular weight is 1130 g/mol. The molecule has 0 saturated carbocycles. The van der Waals surface area contributed by atoms with Crippen molar-refractivity contribution in [1.82, 2.24) is 37.2 Å². The largest absolute Gasteiger partial charge is 0.508 e. The second kappa shape index (κ2) is 30.5. The summed E-state index contributed by atoms with van der Waals surface area (Å²) in [5.41, 5.74) is 20.1. The van der Waals surface area contributed by atoms with E-state index in [4.69, 9.17) is 28.8 Å². The van der Waals surface area contributed by atoms with Crippen LogP contribution in [0.4, 0.5) is 0 Å². The number of benzene rings is 4. The van der Waals surface area contributed by atoms with E-state index in [1.54, 1.807) is 54.6 Å². The van der Waals surface area contributed by atoms with Gasteiger partial charge in [0, 0.05) is 41.7 Å². The topological polar surface area (TPSA) is 383 Å². The van der Waals surface area contributed by atoms with E-state index in [-0.39, 0.29) is 68.1 Å². The van der Waals surface area contributed by atoms with Gasteiger partial charge in [-0.05, 0) is 91.4 Å². The molecule has 78 heavy (non-hydrogen) atoms. The van der Waals surface area contributed by atoms with Crippen molar-refractivity contribution in [3.63, 3.8) is 0 Å². The number of primary amides is 1. The number of phenols is 2. The highest BCUT2D eigenvalue weighted by atomic mass is 35.5. The molecule has 4 aromatic rings. The zero-order valence-electron chi connectivity index (χ0n) is 42.4. The molecule has 1 unspecified atom stereocenters. The van der Waals surface area contributed by atoms with E-state index in [1.807, 2.05) is 0 Å². The molecule has 22 nitrogen and oxygen atoms in total. The third kappa shape index (κ3) is 19.6. The normalized spacial score (nSPS) is 21.5. The van der Waals surface area contributed by atoms with E-state index in [0.29, 0.717) is 27.3 Å². The lowest BCUT2D eigenvalue weighted by molar-refractivity contribution is -0.136. The molecule has 0 radical (unpaired) electrons. The third-order valence-corrected chi connectivity index (χ3v) is 15.1. The molecule has 1 aliphatic heterocycles. The van der Waals surface area contributed by atoms with Crippen molar-refractivity contribution in [1.29, 1.82) is 5.26 Å². The number of carbonyl (C=O) groups excluding carboxylic acids is 8. The summed E-state index contributed by atoms with van der Waals surface area (Å²) in [5.74, 6) is -9.11. The number of nitriles is 1. The van der Waals surface area contributed by atoms with Crippen molar-refractivity contribution >= 4 is 80.4 Å². The molecule has 16 N–H and O–H groups in total. The summed E-state index contributed by atoms with van der Waals surface area (Å²) < 4.78 is 0. The SMILES string of the molecule is C[C@@H](O)[C@@H]1NC(=O)[C@H](CC(C#N)CCN)NC(=O)[C@@H](Cc2ccccc2)NC(=O)[C@H](Cc2ccc(O)cc2)NC(=O)[C@H](NC(=O)[C@@H](N)Cc2ccc(Cl)cc2)CSSC[C@@H](C(=O)N[C@H](Cc2ccc(O)cc2)C(N)=O)NC1=O. The maximum atomic E-state index is 14.7. The van der Waals surface area contributed by atoms with Crippen LogP contribution in [0.3, 0.4) is 0 Å². The van der Waals surface area contributed by atoms with Gasteiger partial charge in [-0.2, -0.15) is 5.26 Å². The molecule has 1 fully saturated rings. The lowest BCUT2D eigenvalue weighted by atomic mass is 9.96. The number of aliphatic hydroxyl groups is 1. The van der Waals surface area contributed by atoms with Gasteiger partial charge in [0.15, 0.2) is 0 Å². The number of nitrogens with two attached hydrogens (primary N) is 3. The predicted octanol–water partition coefficient (Wildman–Crippen LogP) is -0.118. The van der Waals surface area contributed by atoms with E-state index >= 15 is 0 Å². The van der Waals surface area contributed by atoms with Crippen molar-refractivity contribution in [3.8, 4) is 17.6 Å². The molecular weight excluding hydrogens is 1070 g/mol. The van der Waals surface area contributed by atoms with Crippen LogP contribution in [0.15, 0.2) is 103 Å². The van der Waals surface area contributed by atoms with Gasteiger partial charge in [0.25, 0.3) is 0 Å². The minimum absolute atomic E-state index is 0.0199. The van der Waals surface area contributed by atoms with Gasteiger partial charge in [-0.1, -0.05) is 99.9 Å². The van der Waals surface area contributed by atoms with E-state index in [9.17, 15) is 58.9 Å². The zero-order chi connectivity index (χ0) is 56.9. The molecule has 416 valence electrons. The number of halogens is 1. The smallest absolute Gasteiger partial charge is 0.245 e. The Hall–Kier alpha value is -7.40. The molecule has 1 heterocycles. The molecule has 4 aromatic carbocycles. The Balaban J connectivity index is 1.58. The molecule has 8 amide bonds. The average Bonchev–Trinajstić information content (AvgIpc) is 3.41. The second-order valence-corrected chi connectivity index (χ2v) is 21.6. The van der Waals surface area contributed by atoms with Crippen molar-refractivity contribution in [2.75, 3.05) is 18.1 Å². The van der Waals surface area contributed by atoms with Crippen molar-refractivity contribution < 1.29 is 53.7 Å². The Morgan fingerprint density at radius 3 is 1.78 bits per heavy atom. The van der Waals surface area contributed by atoms with Crippen LogP contribution in [0.1, 0.15) is 42.0 Å². The minimum atomic E-state index is -1.81. The first-order valence-corrected chi connectivity index (χ1v) is 27.6. The fraction of sp³-hybridized carbons (Fsp3) is 0.377. The van der Waals surface area contributed by atoms with Gasteiger partial charge in [0.2, 0.25) is 47.3 Å². The Morgan fingerprint density at radius 1 is 0.705 bits per heavy atom. The Kier molecular flexibility index (Phi) is 24.0. The third-order valence-electron chi connectivity index (χ3n) is 12.4. The zero-order valence-corrected chi connectivity index (χ0v) is 44.8. The number of nitrogens with zero attached hydrogens (tertiary/aromatic N) is 1. The number of amides is 8. The van der Waals surface area contributed by atoms with E-state index in [0.717, 1.165) is 21.6 Å². The Bertz CT molecular complexity index is 2740. The van der Waals surface area contributed by atoms with Crippen LogP contribution in [0, 0.1) is 17.2 Å². The first-order valence-electron chi connectivity index (χ1n) is 24.8. The van der Waals surface area contributed by atoms with Gasteiger partial charge >= 0.3 is 0 Å². The molecule has 0 bridgehead atoms. The molecule has 1 aliphatic rings. The van der Waals surface area contributed by atoms with E-state index in [1.165, 1.54) is 55.5 Å². The molecule has 0 aromatic heterocycles. The number of aromatic hydroxyl groups is 2. The van der Waals surface area contributed by atoms with Crippen molar-refractivity contribution in [2.45, 2.75) is 99.9 Å². The Morgan fingerprint density at radius 2 is 1.22 bits per heavy atom. The van der Waals surface area contributed by atoms with Gasteiger partial charge in [-0.3, -0.25) is 38.4 Å². The number of hydrogen-bond acceptors (Lipinski definition) is 16. The highest BCUT2D eigenvalue weighted by Gasteiger charge is 2.37. The van der Waals surface area contributed by atoms with E-state index < -0.39 is 108 Å². The summed E-state index contributed by atoms with van der Waals surface area (Å²) in [4.78, 5) is 113. The van der Waals surface area contributed by atoms with Gasteiger partial charge in [0.05, 0.1) is 18.2 Å². The lowest BCUT2D eigenvalue weighted by Crippen LogP contribution is -2.62. The first kappa shape index (κ1) is 61.5. The summed E-state index contributed by atoms with van der Waals surface area (Å²) in [6.45, 7) is 1.20. The number of phenolic OH excluding ortho intramolecular Hbond substituents is 2. The fourth-order valence-electron chi connectivity index (χ4n) is 8.03. The number of hydrogen-bond donors (Lipinski definition) is 13. The maximum Gasteiger partial charge on any atom is 0.245 e. The number of nitrogens with one attached hydrogen (secondary N) is 7. The summed E-state index contributed by atoms with van der Waals surface area (Å²) in [6, 6.07) is 16.8. The van der Waals surface area contributed by atoms with Crippen LogP contribution in [0.5, 0.6) is 11.5 Å². The van der Waals surface area contributed by atoms with Gasteiger partial charge in [-0.25, -0.2) is 0 Å². The fourth-order valence-corrected chi connectivity index (χ4v) is 10.5.